The van der Waals surface area contributed by atoms with Gasteiger partial charge in [-0.15, -0.1) is 0 Å². The second-order valence-corrected chi connectivity index (χ2v) is 7.43. The SMILES string of the molecule is CCO[Si](Cc1ccc2ccccc2c1)(OCC)OCC. The van der Waals surface area contributed by atoms with Gasteiger partial charge in [-0.2, -0.15) is 0 Å². The first kappa shape index (κ1) is 16.2. The minimum Gasteiger partial charge on any atom is -0.374 e. The molecule has 2 rings (SSSR count). The average molecular weight is 304 g/mol. The van der Waals surface area contributed by atoms with Crippen LogP contribution in [-0.2, 0) is 19.3 Å². The molecule has 114 valence electrons. The molecule has 2 aromatic rings. The number of hydrogen-bond acceptors (Lipinski definition) is 3. The molecular weight excluding hydrogens is 280 g/mol. The van der Waals surface area contributed by atoms with Gasteiger partial charge in [0.15, 0.2) is 0 Å². The van der Waals surface area contributed by atoms with Crippen molar-refractivity contribution >= 4 is 19.6 Å². The van der Waals surface area contributed by atoms with Crippen molar-refractivity contribution in [1.82, 2.24) is 0 Å². The van der Waals surface area contributed by atoms with Gasteiger partial charge >= 0.3 is 8.80 Å². The van der Waals surface area contributed by atoms with E-state index in [2.05, 4.69) is 42.5 Å². The molecule has 0 atom stereocenters. The lowest BCUT2D eigenvalue weighted by Crippen LogP contribution is -2.48. The molecule has 0 aromatic heterocycles. The first-order valence-electron chi connectivity index (χ1n) is 7.62. The molecule has 0 fully saturated rings. The highest BCUT2D eigenvalue weighted by Gasteiger charge is 2.40. The van der Waals surface area contributed by atoms with Crippen LogP contribution in [0, 0.1) is 0 Å². The summed E-state index contributed by atoms with van der Waals surface area (Å²) in [5, 5.41) is 2.49. The van der Waals surface area contributed by atoms with E-state index in [9.17, 15) is 0 Å². The molecule has 0 amide bonds. The Kier molecular flexibility index (Phi) is 5.93. The first-order valence-corrected chi connectivity index (χ1v) is 9.55. The van der Waals surface area contributed by atoms with Crippen LogP contribution in [-0.4, -0.2) is 28.6 Å². The first-order chi connectivity index (χ1) is 10.2. The minimum atomic E-state index is -2.62. The largest absolute Gasteiger partial charge is 0.505 e. The monoisotopic (exact) mass is 304 g/mol. The maximum atomic E-state index is 5.92. The summed E-state index contributed by atoms with van der Waals surface area (Å²) in [5.74, 6) is 0. The summed E-state index contributed by atoms with van der Waals surface area (Å²) in [6, 6.07) is 15.6. The number of rotatable bonds is 8. The van der Waals surface area contributed by atoms with Crippen molar-refractivity contribution < 1.29 is 13.3 Å². The normalized spacial score (nSPS) is 12.0. The van der Waals surface area contributed by atoms with Gasteiger partial charge in [0, 0.05) is 25.9 Å². The molecule has 2 aromatic carbocycles. The van der Waals surface area contributed by atoms with Crippen LogP contribution in [0.25, 0.3) is 10.8 Å². The molecule has 0 N–H and O–H groups in total. The van der Waals surface area contributed by atoms with Gasteiger partial charge in [-0.05, 0) is 37.1 Å². The van der Waals surface area contributed by atoms with E-state index in [0.29, 0.717) is 25.9 Å². The highest BCUT2D eigenvalue weighted by atomic mass is 28.4. The summed E-state index contributed by atoms with van der Waals surface area (Å²) in [6.07, 6.45) is 0. The van der Waals surface area contributed by atoms with Gasteiger partial charge in [0.25, 0.3) is 0 Å². The third-order valence-corrected chi connectivity index (χ3v) is 6.35. The summed E-state index contributed by atoms with van der Waals surface area (Å²) in [4.78, 5) is 0. The summed E-state index contributed by atoms with van der Waals surface area (Å²) >= 11 is 0. The van der Waals surface area contributed by atoms with E-state index in [1.165, 1.54) is 16.3 Å². The van der Waals surface area contributed by atoms with E-state index in [1.54, 1.807) is 0 Å². The summed E-state index contributed by atoms with van der Waals surface area (Å²) in [5.41, 5.74) is 1.20. The van der Waals surface area contributed by atoms with Crippen molar-refractivity contribution in [3.63, 3.8) is 0 Å². The topological polar surface area (TPSA) is 27.7 Å². The fraction of sp³-hybridized carbons (Fsp3) is 0.412. The Bertz CT molecular complexity index is 554. The lowest BCUT2D eigenvalue weighted by atomic mass is 10.1. The smallest absolute Gasteiger partial charge is 0.374 e. The molecule has 21 heavy (non-hydrogen) atoms. The standard InChI is InChI=1S/C17H24O3Si/c1-4-18-21(19-5-2,20-6-3)14-15-11-12-16-9-7-8-10-17(16)13-15/h7-13H,4-6,14H2,1-3H3. The molecule has 0 aliphatic rings. The van der Waals surface area contributed by atoms with Crippen LogP contribution in [0.4, 0.5) is 0 Å². The molecular formula is C17H24O3Si. The molecule has 4 heteroatoms. The lowest BCUT2D eigenvalue weighted by Gasteiger charge is -2.28. The Morgan fingerprint density at radius 3 is 1.90 bits per heavy atom. The van der Waals surface area contributed by atoms with Crippen LogP contribution in [0.2, 0.25) is 0 Å². The molecule has 0 radical (unpaired) electrons. The summed E-state index contributed by atoms with van der Waals surface area (Å²) in [7, 11) is -2.62. The quantitative estimate of drug-likeness (QED) is 0.691. The zero-order valence-corrected chi connectivity index (χ0v) is 14.1. The maximum Gasteiger partial charge on any atom is 0.505 e. The molecule has 0 bridgehead atoms. The van der Waals surface area contributed by atoms with E-state index in [4.69, 9.17) is 13.3 Å². The molecule has 3 nitrogen and oxygen atoms in total. The molecule has 0 unspecified atom stereocenters. The van der Waals surface area contributed by atoms with Crippen molar-refractivity contribution in [2.24, 2.45) is 0 Å². The van der Waals surface area contributed by atoms with Gasteiger partial charge in [-0.25, -0.2) is 0 Å². The van der Waals surface area contributed by atoms with Crippen LogP contribution in [0.1, 0.15) is 26.3 Å². The van der Waals surface area contributed by atoms with Crippen LogP contribution >= 0.6 is 0 Å². The van der Waals surface area contributed by atoms with Crippen molar-refractivity contribution in [3.8, 4) is 0 Å². The van der Waals surface area contributed by atoms with Gasteiger partial charge in [-0.3, -0.25) is 0 Å². The molecule has 0 saturated carbocycles. The van der Waals surface area contributed by atoms with Crippen LogP contribution < -0.4 is 0 Å². The minimum absolute atomic E-state index is 0.611. The van der Waals surface area contributed by atoms with E-state index >= 15 is 0 Å². The van der Waals surface area contributed by atoms with Gasteiger partial charge < -0.3 is 13.3 Å². The summed E-state index contributed by atoms with van der Waals surface area (Å²) in [6.45, 7) is 7.79. The van der Waals surface area contributed by atoms with E-state index in [-0.39, 0.29) is 0 Å². The van der Waals surface area contributed by atoms with Crippen molar-refractivity contribution in [1.29, 1.82) is 0 Å². The van der Waals surface area contributed by atoms with Crippen molar-refractivity contribution in [2.45, 2.75) is 26.8 Å². The Labute approximate surface area is 128 Å². The fourth-order valence-electron chi connectivity index (χ4n) is 2.54. The highest BCUT2D eigenvalue weighted by Crippen LogP contribution is 2.21. The zero-order chi connectivity index (χ0) is 15.1. The molecule has 0 aliphatic carbocycles. The zero-order valence-electron chi connectivity index (χ0n) is 13.1. The second-order valence-electron chi connectivity index (χ2n) is 4.84. The van der Waals surface area contributed by atoms with Gasteiger partial charge in [0.1, 0.15) is 0 Å². The van der Waals surface area contributed by atoms with Gasteiger partial charge in [-0.1, -0.05) is 42.5 Å². The molecule has 0 heterocycles. The Balaban J connectivity index is 2.27. The molecule has 0 spiro atoms. The van der Waals surface area contributed by atoms with E-state index < -0.39 is 8.80 Å². The van der Waals surface area contributed by atoms with E-state index in [1.807, 2.05) is 20.8 Å². The fourth-order valence-corrected chi connectivity index (χ4v) is 5.13. The van der Waals surface area contributed by atoms with Crippen molar-refractivity contribution in [3.05, 3.63) is 48.0 Å². The highest BCUT2D eigenvalue weighted by molar-refractivity contribution is 6.60. The maximum absolute atomic E-state index is 5.92. The number of fused-ring (bicyclic) bond motifs is 1. The summed E-state index contributed by atoms with van der Waals surface area (Å²) < 4.78 is 17.8. The molecule has 0 aliphatic heterocycles. The third kappa shape index (κ3) is 4.14. The van der Waals surface area contributed by atoms with Crippen LogP contribution in [0.5, 0.6) is 0 Å². The average Bonchev–Trinajstić information content (AvgIpc) is 2.48. The predicted octanol–water partition coefficient (Wildman–Crippen LogP) is 3.97. The molecule has 0 saturated heterocycles. The Hall–Kier alpha value is -1.20. The van der Waals surface area contributed by atoms with Gasteiger partial charge in [0.2, 0.25) is 0 Å². The predicted molar refractivity (Wildman–Crippen MR) is 88.3 cm³/mol. The lowest BCUT2D eigenvalue weighted by molar-refractivity contribution is 0.0704. The number of hydrogen-bond donors (Lipinski definition) is 0. The Morgan fingerprint density at radius 1 is 0.762 bits per heavy atom. The Morgan fingerprint density at radius 2 is 1.33 bits per heavy atom. The third-order valence-electron chi connectivity index (χ3n) is 3.33. The van der Waals surface area contributed by atoms with Crippen molar-refractivity contribution in [2.75, 3.05) is 19.8 Å². The second kappa shape index (κ2) is 7.71. The van der Waals surface area contributed by atoms with Crippen LogP contribution in [0.3, 0.4) is 0 Å². The van der Waals surface area contributed by atoms with Gasteiger partial charge in [0.05, 0.1) is 0 Å². The van der Waals surface area contributed by atoms with E-state index in [0.717, 1.165) is 0 Å². The number of benzene rings is 2. The van der Waals surface area contributed by atoms with Crippen LogP contribution in [0.15, 0.2) is 42.5 Å².